The lowest BCUT2D eigenvalue weighted by Gasteiger charge is -2.32. The molecule has 2 heterocycles. The predicted octanol–water partition coefficient (Wildman–Crippen LogP) is 5.67. The number of benzene rings is 1. The Bertz CT molecular complexity index is 489. The third kappa shape index (κ3) is 5.83. The van der Waals surface area contributed by atoms with Gasteiger partial charge in [-0.05, 0) is 58.0 Å². The summed E-state index contributed by atoms with van der Waals surface area (Å²) in [5, 5.41) is 0. The molecular weight excluding hydrogens is 323 g/mol. The van der Waals surface area contributed by atoms with Crippen molar-refractivity contribution in [2.24, 2.45) is 0 Å². The van der Waals surface area contributed by atoms with E-state index in [1.54, 1.807) is 0 Å². The fourth-order valence-corrected chi connectivity index (χ4v) is 2.85. The minimum absolute atomic E-state index is 0.256. The van der Waals surface area contributed by atoms with Crippen molar-refractivity contribution in [1.82, 2.24) is 0 Å². The third-order valence-electron chi connectivity index (χ3n) is 5.01. The lowest BCUT2D eigenvalue weighted by molar-refractivity contribution is 0.00578. The van der Waals surface area contributed by atoms with E-state index in [4.69, 9.17) is 14.0 Å². The third-order valence-corrected chi connectivity index (χ3v) is 5.01. The Labute approximate surface area is 162 Å². The highest BCUT2D eigenvalue weighted by atomic mass is 16.7. The zero-order chi connectivity index (χ0) is 19.8. The largest absolute Gasteiger partial charge is 0.494 e. The van der Waals surface area contributed by atoms with Gasteiger partial charge in [0.2, 0.25) is 0 Å². The summed E-state index contributed by atoms with van der Waals surface area (Å²) in [4.78, 5) is 0. The summed E-state index contributed by atoms with van der Waals surface area (Å²) in [5.41, 5.74) is 1.76. The minimum atomic E-state index is -0.289. The van der Waals surface area contributed by atoms with Gasteiger partial charge in [0.1, 0.15) is 0 Å². The zero-order valence-electron chi connectivity index (χ0n) is 18.2. The van der Waals surface area contributed by atoms with E-state index in [-0.39, 0.29) is 24.4 Å². The molecule has 1 atom stereocenters. The summed E-state index contributed by atoms with van der Waals surface area (Å²) in [6.07, 6.45) is 5.06. The molecule has 1 aromatic rings. The second-order valence-electron chi connectivity index (χ2n) is 7.82. The Kier molecular flexibility index (Phi) is 9.36. The molecular formula is C22H39BO3. The smallest absolute Gasteiger partial charge is 0.399 e. The number of hydrogen-bond donors (Lipinski definition) is 0. The molecule has 1 unspecified atom stereocenters. The average molecular weight is 362 g/mol. The lowest BCUT2D eigenvalue weighted by Crippen LogP contribution is -2.41. The molecule has 2 aliphatic heterocycles. The number of rotatable bonds is 2. The zero-order valence-corrected chi connectivity index (χ0v) is 18.2. The van der Waals surface area contributed by atoms with Crippen LogP contribution in [0.15, 0.2) is 24.3 Å². The molecule has 2 aliphatic rings. The normalized spacial score (nSPS) is 23.4. The molecule has 1 aromatic carbocycles. The van der Waals surface area contributed by atoms with Crippen LogP contribution in [-0.2, 0) is 14.0 Å². The molecule has 3 nitrogen and oxygen atoms in total. The first-order valence-electron chi connectivity index (χ1n) is 10.4. The Hall–Kier alpha value is -0.835. The highest BCUT2D eigenvalue weighted by Crippen LogP contribution is 2.36. The van der Waals surface area contributed by atoms with Gasteiger partial charge in [0.05, 0.1) is 17.3 Å². The molecule has 0 spiro atoms. The standard InChI is InChI=1S/C17H25BO3.C3H8.C2H6/c1-16(2)17(3,4)21-18(20-16)14-10-8-13(9-11-14)15-7-5-6-12-19-15;1-3-2;1-2/h8-11,15H,5-7,12H2,1-4H3;3H2,1-2H3;1-2H3. The molecule has 148 valence electrons. The topological polar surface area (TPSA) is 27.7 Å². The van der Waals surface area contributed by atoms with Crippen LogP contribution >= 0.6 is 0 Å². The molecule has 4 heteroatoms. The van der Waals surface area contributed by atoms with Crippen LogP contribution < -0.4 is 5.46 Å². The molecule has 0 N–H and O–H groups in total. The molecule has 0 bridgehead atoms. The number of ether oxygens (including phenoxy) is 1. The van der Waals surface area contributed by atoms with Crippen molar-refractivity contribution < 1.29 is 14.0 Å². The molecule has 0 radical (unpaired) electrons. The van der Waals surface area contributed by atoms with E-state index in [9.17, 15) is 0 Å². The van der Waals surface area contributed by atoms with Crippen LogP contribution in [0.4, 0.5) is 0 Å². The van der Waals surface area contributed by atoms with Crippen LogP contribution in [-0.4, -0.2) is 24.9 Å². The highest BCUT2D eigenvalue weighted by Gasteiger charge is 2.51. The van der Waals surface area contributed by atoms with Gasteiger partial charge in [-0.1, -0.05) is 58.4 Å². The van der Waals surface area contributed by atoms with Crippen molar-refractivity contribution in [2.75, 3.05) is 6.61 Å². The fourth-order valence-electron chi connectivity index (χ4n) is 2.85. The maximum Gasteiger partial charge on any atom is 0.494 e. The molecule has 0 saturated carbocycles. The summed E-state index contributed by atoms with van der Waals surface area (Å²) >= 11 is 0. The molecule has 0 aromatic heterocycles. The SMILES string of the molecule is CC.CC1(C)OB(c2ccc(C3CCCCO3)cc2)OC1(C)C.CCC. The van der Waals surface area contributed by atoms with Crippen LogP contribution in [0.25, 0.3) is 0 Å². The maximum absolute atomic E-state index is 6.08. The summed E-state index contributed by atoms with van der Waals surface area (Å²) in [5.74, 6) is 0. The average Bonchev–Trinajstić information content (AvgIpc) is 2.86. The molecule has 0 aliphatic carbocycles. The molecule has 0 amide bonds. The van der Waals surface area contributed by atoms with Crippen LogP contribution in [0, 0.1) is 0 Å². The van der Waals surface area contributed by atoms with Crippen molar-refractivity contribution in [2.45, 2.75) is 98.4 Å². The maximum atomic E-state index is 6.08. The van der Waals surface area contributed by atoms with E-state index < -0.39 is 0 Å². The van der Waals surface area contributed by atoms with Crippen molar-refractivity contribution in [1.29, 1.82) is 0 Å². The Balaban J connectivity index is 0.000000615. The minimum Gasteiger partial charge on any atom is -0.399 e. The van der Waals surface area contributed by atoms with Crippen LogP contribution in [0.3, 0.4) is 0 Å². The summed E-state index contributed by atoms with van der Waals surface area (Å²) in [6, 6.07) is 8.51. The van der Waals surface area contributed by atoms with Gasteiger partial charge in [0.15, 0.2) is 0 Å². The summed E-state index contributed by atoms with van der Waals surface area (Å²) in [6.45, 7) is 17.5. The van der Waals surface area contributed by atoms with E-state index in [2.05, 4.69) is 65.8 Å². The fraction of sp³-hybridized carbons (Fsp3) is 0.727. The Morgan fingerprint density at radius 2 is 1.42 bits per heavy atom. The van der Waals surface area contributed by atoms with Gasteiger partial charge in [-0.3, -0.25) is 0 Å². The van der Waals surface area contributed by atoms with Crippen molar-refractivity contribution in [3.8, 4) is 0 Å². The first kappa shape index (κ1) is 23.2. The van der Waals surface area contributed by atoms with Gasteiger partial charge in [-0.2, -0.15) is 0 Å². The second-order valence-corrected chi connectivity index (χ2v) is 7.82. The van der Waals surface area contributed by atoms with Crippen molar-refractivity contribution in [3.05, 3.63) is 29.8 Å². The molecule has 2 fully saturated rings. The van der Waals surface area contributed by atoms with E-state index >= 15 is 0 Å². The van der Waals surface area contributed by atoms with E-state index in [0.29, 0.717) is 0 Å². The van der Waals surface area contributed by atoms with Crippen molar-refractivity contribution in [3.63, 3.8) is 0 Å². The highest BCUT2D eigenvalue weighted by molar-refractivity contribution is 6.62. The molecule has 26 heavy (non-hydrogen) atoms. The van der Waals surface area contributed by atoms with E-state index in [1.165, 1.54) is 24.8 Å². The molecule has 3 rings (SSSR count). The van der Waals surface area contributed by atoms with Gasteiger partial charge < -0.3 is 14.0 Å². The second kappa shape index (κ2) is 10.5. The van der Waals surface area contributed by atoms with Gasteiger partial charge in [-0.25, -0.2) is 0 Å². The van der Waals surface area contributed by atoms with E-state index in [1.807, 2.05) is 13.8 Å². The quantitative estimate of drug-likeness (QED) is 0.635. The number of hydrogen-bond acceptors (Lipinski definition) is 3. The van der Waals surface area contributed by atoms with Gasteiger partial charge in [-0.15, -0.1) is 0 Å². The van der Waals surface area contributed by atoms with Gasteiger partial charge in [0.25, 0.3) is 0 Å². The van der Waals surface area contributed by atoms with Crippen LogP contribution in [0.5, 0.6) is 0 Å². The predicted molar refractivity (Wildman–Crippen MR) is 112 cm³/mol. The lowest BCUT2D eigenvalue weighted by atomic mass is 9.78. The van der Waals surface area contributed by atoms with Gasteiger partial charge in [0, 0.05) is 6.61 Å². The van der Waals surface area contributed by atoms with Crippen molar-refractivity contribution >= 4 is 12.6 Å². The summed E-state index contributed by atoms with van der Waals surface area (Å²) < 4.78 is 18.0. The van der Waals surface area contributed by atoms with Gasteiger partial charge >= 0.3 is 7.12 Å². The summed E-state index contributed by atoms with van der Waals surface area (Å²) in [7, 11) is -0.281. The van der Waals surface area contributed by atoms with Crippen LogP contribution in [0.1, 0.15) is 92.7 Å². The first-order chi connectivity index (χ1) is 12.3. The monoisotopic (exact) mass is 362 g/mol. The Morgan fingerprint density at radius 3 is 1.85 bits per heavy atom. The van der Waals surface area contributed by atoms with Crippen LogP contribution in [0.2, 0.25) is 0 Å². The first-order valence-corrected chi connectivity index (χ1v) is 10.4. The Morgan fingerprint density at radius 1 is 0.923 bits per heavy atom. The molecule has 2 saturated heterocycles. The van der Waals surface area contributed by atoms with E-state index in [0.717, 1.165) is 18.5 Å².